The van der Waals surface area contributed by atoms with Crippen LogP contribution in [0.15, 0.2) is 36.4 Å². The van der Waals surface area contributed by atoms with Gasteiger partial charge in [0.2, 0.25) is 5.91 Å². The molecule has 1 aromatic rings. The zero-order chi connectivity index (χ0) is 17.7. The van der Waals surface area contributed by atoms with E-state index in [-0.39, 0.29) is 31.7 Å². The number of carboxylic acids is 1. The summed E-state index contributed by atoms with van der Waals surface area (Å²) in [6, 6.07) is 7.05. The molecule has 1 heterocycles. The Bertz CT molecular complexity index is 628. The van der Waals surface area contributed by atoms with Gasteiger partial charge in [0.15, 0.2) is 0 Å². The number of allylic oxidation sites excluding steroid dienone is 1. The second-order valence-electron chi connectivity index (χ2n) is 5.30. The molecule has 1 atom stereocenters. The number of benzene rings is 1. The van der Waals surface area contributed by atoms with E-state index < -0.39 is 29.7 Å². The van der Waals surface area contributed by atoms with Crippen LogP contribution in [-0.2, 0) is 14.3 Å². The maximum absolute atomic E-state index is 13.2. The van der Waals surface area contributed by atoms with Gasteiger partial charge in [0.05, 0.1) is 24.7 Å². The van der Waals surface area contributed by atoms with Gasteiger partial charge in [-0.3, -0.25) is 9.59 Å². The van der Waals surface area contributed by atoms with Gasteiger partial charge in [-0.2, -0.15) is 13.2 Å². The fraction of sp³-hybridized carbons (Fsp3) is 0.375. The summed E-state index contributed by atoms with van der Waals surface area (Å²) < 4.78 is 44.9. The third-order valence-corrected chi connectivity index (χ3v) is 3.51. The number of nitrogens with zero attached hydrogens (tertiary/aromatic N) is 1. The Kier molecular flexibility index (Phi) is 5.61. The number of halogens is 3. The van der Waals surface area contributed by atoms with E-state index in [9.17, 15) is 22.8 Å². The number of hydrogen-bond donors (Lipinski definition) is 1. The van der Waals surface area contributed by atoms with E-state index in [4.69, 9.17) is 9.84 Å². The molecule has 0 radical (unpaired) electrons. The van der Waals surface area contributed by atoms with Crippen LogP contribution >= 0.6 is 0 Å². The standard InChI is InChI=1S/C16H16F3NO4/c17-16(18,19)13(11-4-2-1-3-5-11)9-14(21)20-6-7-24-12(10-20)8-15(22)23/h1-5,9,12H,6-8,10H2,(H,22,23)/b13-9-. The zero-order valence-electron chi connectivity index (χ0n) is 12.6. The fourth-order valence-electron chi connectivity index (χ4n) is 2.40. The van der Waals surface area contributed by atoms with Crippen molar-refractivity contribution in [2.45, 2.75) is 18.7 Å². The molecule has 24 heavy (non-hydrogen) atoms. The summed E-state index contributed by atoms with van der Waals surface area (Å²) in [5.41, 5.74) is -1.14. The van der Waals surface area contributed by atoms with Gasteiger partial charge in [0, 0.05) is 19.2 Å². The Morgan fingerprint density at radius 1 is 1.29 bits per heavy atom. The molecule has 1 aliphatic rings. The molecule has 1 aliphatic heterocycles. The van der Waals surface area contributed by atoms with Gasteiger partial charge < -0.3 is 14.7 Å². The van der Waals surface area contributed by atoms with Crippen LogP contribution in [0.1, 0.15) is 12.0 Å². The lowest BCUT2D eigenvalue weighted by Crippen LogP contribution is -2.45. The summed E-state index contributed by atoms with van der Waals surface area (Å²) >= 11 is 0. The summed E-state index contributed by atoms with van der Waals surface area (Å²) in [4.78, 5) is 24.1. The number of carbonyl (C=O) groups excluding carboxylic acids is 1. The number of carboxylic acid groups (broad SMARTS) is 1. The third-order valence-electron chi connectivity index (χ3n) is 3.51. The second-order valence-corrected chi connectivity index (χ2v) is 5.30. The molecule has 1 fully saturated rings. The van der Waals surface area contributed by atoms with Crippen LogP contribution in [0, 0.1) is 0 Å². The average molecular weight is 343 g/mol. The molecule has 0 aliphatic carbocycles. The second kappa shape index (κ2) is 7.48. The topological polar surface area (TPSA) is 66.8 Å². The first-order valence-corrected chi connectivity index (χ1v) is 7.24. The molecule has 0 bridgehead atoms. The Labute approximate surface area is 136 Å². The van der Waals surface area contributed by atoms with Gasteiger partial charge in [-0.25, -0.2) is 0 Å². The normalized spacial score (nSPS) is 19.2. The minimum Gasteiger partial charge on any atom is -0.481 e. The van der Waals surface area contributed by atoms with Crippen LogP contribution < -0.4 is 0 Å². The van der Waals surface area contributed by atoms with Gasteiger partial charge in [0.25, 0.3) is 0 Å². The van der Waals surface area contributed by atoms with Crippen LogP contribution in [0.2, 0.25) is 0 Å². The fourth-order valence-corrected chi connectivity index (χ4v) is 2.40. The molecule has 1 unspecified atom stereocenters. The lowest BCUT2D eigenvalue weighted by molar-refractivity contribution is -0.145. The minimum atomic E-state index is -4.68. The highest BCUT2D eigenvalue weighted by molar-refractivity contribution is 5.96. The molecule has 8 heteroatoms. The predicted octanol–water partition coefficient (Wildman–Crippen LogP) is 2.33. The number of rotatable bonds is 4. The van der Waals surface area contributed by atoms with E-state index in [1.54, 1.807) is 6.07 Å². The number of amides is 1. The summed E-state index contributed by atoms with van der Waals surface area (Å²) in [5.74, 6) is -1.91. The lowest BCUT2D eigenvalue weighted by Gasteiger charge is -2.31. The molecule has 0 spiro atoms. The number of morpholine rings is 1. The van der Waals surface area contributed by atoms with Crippen molar-refractivity contribution in [2.75, 3.05) is 19.7 Å². The van der Waals surface area contributed by atoms with Crippen LogP contribution in [0.4, 0.5) is 13.2 Å². The highest BCUT2D eigenvalue weighted by Gasteiger charge is 2.36. The van der Waals surface area contributed by atoms with E-state index in [2.05, 4.69) is 0 Å². The van der Waals surface area contributed by atoms with Gasteiger partial charge >= 0.3 is 12.1 Å². The highest BCUT2D eigenvalue weighted by atomic mass is 19.4. The van der Waals surface area contributed by atoms with Gasteiger partial charge in [0.1, 0.15) is 0 Å². The van der Waals surface area contributed by atoms with Crippen molar-refractivity contribution in [3.05, 3.63) is 42.0 Å². The predicted molar refractivity (Wildman–Crippen MR) is 79.0 cm³/mol. The molecular formula is C16H16F3NO4. The molecule has 0 aromatic heterocycles. The highest BCUT2D eigenvalue weighted by Crippen LogP contribution is 2.33. The number of alkyl halides is 3. The molecule has 1 amide bonds. The Balaban J connectivity index is 2.19. The Hall–Kier alpha value is -2.35. The molecule has 1 N–H and O–H groups in total. The minimum absolute atomic E-state index is 0.0540. The molecule has 0 saturated carbocycles. The van der Waals surface area contributed by atoms with Crippen LogP contribution in [0.3, 0.4) is 0 Å². The van der Waals surface area contributed by atoms with Crippen LogP contribution in [-0.4, -0.2) is 53.9 Å². The maximum Gasteiger partial charge on any atom is 0.417 e. The summed E-state index contributed by atoms with van der Waals surface area (Å²) in [5, 5.41) is 8.75. The largest absolute Gasteiger partial charge is 0.481 e. The van der Waals surface area contributed by atoms with Crippen molar-refractivity contribution in [3.8, 4) is 0 Å². The molecule has 1 saturated heterocycles. The van der Waals surface area contributed by atoms with Gasteiger partial charge in [-0.15, -0.1) is 0 Å². The molecule has 1 aromatic carbocycles. The molecular weight excluding hydrogens is 327 g/mol. The average Bonchev–Trinajstić information content (AvgIpc) is 2.51. The quantitative estimate of drug-likeness (QED) is 0.852. The summed E-state index contributed by atoms with van der Waals surface area (Å²) in [6.45, 7) is 0.150. The van der Waals surface area contributed by atoms with Crippen molar-refractivity contribution < 1.29 is 32.6 Å². The van der Waals surface area contributed by atoms with Crippen LogP contribution in [0.5, 0.6) is 0 Å². The zero-order valence-corrected chi connectivity index (χ0v) is 12.6. The lowest BCUT2D eigenvalue weighted by atomic mass is 10.0. The van der Waals surface area contributed by atoms with Gasteiger partial charge in [-0.1, -0.05) is 30.3 Å². The first kappa shape index (κ1) is 18.0. The van der Waals surface area contributed by atoms with Crippen LogP contribution in [0.25, 0.3) is 5.57 Å². The smallest absolute Gasteiger partial charge is 0.417 e. The van der Waals surface area contributed by atoms with E-state index in [0.29, 0.717) is 6.08 Å². The maximum atomic E-state index is 13.2. The van der Waals surface area contributed by atoms with Gasteiger partial charge in [-0.05, 0) is 5.56 Å². The van der Waals surface area contributed by atoms with E-state index in [0.717, 1.165) is 0 Å². The summed E-state index contributed by atoms with van der Waals surface area (Å²) in [6.07, 6.45) is -5.15. The number of hydrogen-bond acceptors (Lipinski definition) is 3. The third kappa shape index (κ3) is 4.82. The summed E-state index contributed by atoms with van der Waals surface area (Å²) in [7, 11) is 0. The molecule has 2 rings (SSSR count). The van der Waals surface area contributed by atoms with Crippen molar-refractivity contribution in [3.63, 3.8) is 0 Å². The monoisotopic (exact) mass is 343 g/mol. The number of ether oxygens (including phenoxy) is 1. The van der Waals surface area contributed by atoms with E-state index in [1.807, 2.05) is 0 Å². The molecule has 5 nitrogen and oxygen atoms in total. The number of aliphatic carboxylic acids is 1. The Morgan fingerprint density at radius 3 is 2.54 bits per heavy atom. The first-order chi connectivity index (χ1) is 11.3. The van der Waals surface area contributed by atoms with E-state index in [1.165, 1.54) is 29.2 Å². The van der Waals surface area contributed by atoms with Crippen molar-refractivity contribution in [1.82, 2.24) is 4.90 Å². The number of carbonyl (C=O) groups is 2. The SMILES string of the molecule is O=C(O)CC1CN(C(=O)/C=C(/c2ccccc2)C(F)(F)F)CCO1. The van der Waals surface area contributed by atoms with Crippen molar-refractivity contribution in [2.24, 2.45) is 0 Å². The Morgan fingerprint density at radius 2 is 1.96 bits per heavy atom. The first-order valence-electron chi connectivity index (χ1n) is 7.24. The molecule has 130 valence electrons. The van der Waals surface area contributed by atoms with Crippen molar-refractivity contribution >= 4 is 17.4 Å². The van der Waals surface area contributed by atoms with Crippen molar-refractivity contribution in [1.29, 1.82) is 0 Å². The van der Waals surface area contributed by atoms with E-state index >= 15 is 0 Å².